The van der Waals surface area contributed by atoms with Gasteiger partial charge in [-0.15, -0.1) is 0 Å². The van der Waals surface area contributed by atoms with Crippen LogP contribution in [0.5, 0.6) is 0 Å². The van der Waals surface area contributed by atoms with Gasteiger partial charge in [0.25, 0.3) is 0 Å². The fourth-order valence-electron chi connectivity index (χ4n) is 0.904. The summed E-state index contributed by atoms with van der Waals surface area (Å²) in [5.74, 6) is 0. The third-order valence-electron chi connectivity index (χ3n) is 1.39. The zero-order valence-corrected chi connectivity index (χ0v) is 9.75. The van der Waals surface area contributed by atoms with Crippen molar-refractivity contribution in [2.45, 2.75) is 38.8 Å². The van der Waals surface area contributed by atoms with Crippen LogP contribution in [0.25, 0.3) is 0 Å². The Morgan fingerprint density at radius 3 is 2.25 bits per heavy atom. The molecule has 0 bridgehead atoms. The Kier molecular flexibility index (Phi) is 5.74. The molecule has 0 saturated heterocycles. The lowest BCUT2D eigenvalue weighted by molar-refractivity contribution is 0.0913. The molecular weight excluding hydrogens is 170 g/mol. The zero-order chi connectivity index (χ0) is 9.61. The molecule has 0 rings (SSSR count). The summed E-state index contributed by atoms with van der Waals surface area (Å²) >= 11 is 0. The highest BCUT2D eigenvalue weighted by Crippen LogP contribution is 2.12. The maximum absolute atomic E-state index is 5.75. The maximum atomic E-state index is 5.75. The van der Waals surface area contributed by atoms with Gasteiger partial charge in [0.2, 0.25) is 0 Å². The van der Waals surface area contributed by atoms with Crippen molar-refractivity contribution in [3.63, 3.8) is 0 Å². The monoisotopic (exact) mass is 191 g/mol. The van der Waals surface area contributed by atoms with Crippen molar-refractivity contribution in [1.82, 2.24) is 0 Å². The van der Waals surface area contributed by atoms with Crippen molar-refractivity contribution in [2.24, 2.45) is 5.73 Å². The molecule has 3 nitrogen and oxygen atoms in total. The van der Waals surface area contributed by atoms with Crippen LogP contribution in [0.4, 0.5) is 0 Å². The van der Waals surface area contributed by atoms with Gasteiger partial charge in [0.1, 0.15) is 0 Å². The van der Waals surface area contributed by atoms with Gasteiger partial charge in [-0.1, -0.05) is 0 Å². The SMILES string of the molecule is CO[SiH](CCCN)OC(C)(C)C. The van der Waals surface area contributed by atoms with E-state index in [9.17, 15) is 0 Å². The Balaban J connectivity index is 3.67. The van der Waals surface area contributed by atoms with Gasteiger partial charge in [0.05, 0.1) is 0 Å². The van der Waals surface area contributed by atoms with Gasteiger partial charge in [-0.3, -0.25) is 0 Å². The molecule has 0 aromatic rings. The first-order valence-electron chi connectivity index (χ1n) is 4.40. The van der Waals surface area contributed by atoms with Crippen molar-refractivity contribution in [2.75, 3.05) is 13.7 Å². The number of rotatable bonds is 5. The lowest BCUT2D eigenvalue weighted by Crippen LogP contribution is -2.32. The van der Waals surface area contributed by atoms with Crippen LogP contribution in [0.1, 0.15) is 27.2 Å². The van der Waals surface area contributed by atoms with Gasteiger partial charge in [-0.05, 0) is 39.8 Å². The van der Waals surface area contributed by atoms with E-state index < -0.39 is 9.28 Å². The standard InChI is InChI=1S/C8H21NO2Si/c1-8(2,3)11-12(10-4)7-5-6-9/h12H,5-7,9H2,1-4H3. The average molecular weight is 191 g/mol. The van der Waals surface area contributed by atoms with E-state index in [0.717, 1.165) is 19.0 Å². The Morgan fingerprint density at radius 2 is 1.92 bits per heavy atom. The van der Waals surface area contributed by atoms with E-state index in [1.807, 2.05) is 0 Å². The molecule has 2 N–H and O–H groups in total. The van der Waals surface area contributed by atoms with Crippen LogP contribution < -0.4 is 5.73 Å². The third-order valence-corrected chi connectivity index (χ3v) is 3.77. The number of hydrogen-bond acceptors (Lipinski definition) is 3. The molecule has 0 heterocycles. The molecule has 0 spiro atoms. The summed E-state index contributed by atoms with van der Waals surface area (Å²) in [5, 5.41) is 0. The first-order valence-corrected chi connectivity index (χ1v) is 6.16. The maximum Gasteiger partial charge on any atom is 0.321 e. The minimum Gasteiger partial charge on any atom is -0.400 e. The highest BCUT2D eigenvalue weighted by molar-refractivity contribution is 6.44. The molecule has 74 valence electrons. The fourth-order valence-corrected chi connectivity index (χ4v) is 2.71. The summed E-state index contributed by atoms with van der Waals surface area (Å²) < 4.78 is 11.0. The van der Waals surface area contributed by atoms with Crippen molar-refractivity contribution in [3.8, 4) is 0 Å². The van der Waals surface area contributed by atoms with Gasteiger partial charge in [0, 0.05) is 12.7 Å². The van der Waals surface area contributed by atoms with E-state index in [-0.39, 0.29) is 5.60 Å². The molecule has 0 aliphatic carbocycles. The molecule has 1 atom stereocenters. The minimum atomic E-state index is -1.44. The van der Waals surface area contributed by atoms with E-state index in [1.54, 1.807) is 7.11 Å². The van der Waals surface area contributed by atoms with E-state index in [2.05, 4.69) is 20.8 Å². The van der Waals surface area contributed by atoms with Crippen LogP contribution in [0.15, 0.2) is 0 Å². The Labute approximate surface area is 77.1 Å². The molecule has 0 saturated carbocycles. The average Bonchev–Trinajstić information content (AvgIpc) is 1.95. The lowest BCUT2D eigenvalue weighted by Gasteiger charge is -2.25. The van der Waals surface area contributed by atoms with Crippen LogP contribution in [0, 0.1) is 0 Å². The molecule has 0 amide bonds. The van der Waals surface area contributed by atoms with Gasteiger partial charge in [-0.25, -0.2) is 0 Å². The van der Waals surface area contributed by atoms with Crippen molar-refractivity contribution in [1.29, 1.82) is 0 Å². The lowest BCUT2D eigenvalue weighted by atomic mass is 10.2. The van der Waals surface area contributed by atoms with E-state index in [0.29, 0.717) is 0 Å². The van der Waals surface area contributed by atoms with E-state index >= 15 is 0 Å². The van der Waals surface area contributed by atoms with Crippen LogP contribution >= 0.6 is 0 Å². The first kappa shape index (κ1) is 12.1. The minimum absolute atomic E-state index is 0.0818. The predicted octanol–water partition coefficient (Wildman–Crippen LogP) is 1.02. The molecule has 0 aromatic heterocycles. The second-order valence-electron chi connectivity index (χ2n) is 3.83. The Morgan fingerprint density at radius 1 is 1.33 bits per heavy atom. The number of nitrogens with two attached hydrogens (primary N) is 1. The smallest absolute Gasteiger partial charge is 0.321 e. The summed E-state index contributed by atoms with van der Waals surface area (Å²) in [6, 6.07) is 1.00. The Hall–Kier alpha value is 0.0969. The molecule has 4 heteroatoms. The second-order valence-corrected chi connectivity index (χ2v) is 5.97. The topological polar surface area (TPSA) is 44.5 Å². The Bertz CT molecular complexity index is 114. The molecule has 0 aliphatic heterocycles. The van der Waals surface area contributed by atoms with E-state index in [4.69, 9.17) is 14.6 Å². The molecule has 0 aliphatic rings. The molecule has 0 fully saturated rings. The quantitative estimate of drug-likeness (QED) is 0.660. The first-order chi connectivity index (χ1) is 5.49. The molecule has 1 unspecified atom stereocenters. The highest BCUT2D eigenvalue weighted by Gasteiger charge is 2.19. The van der Waals surface area contributed by atoms with Crippen molar-refractivity contribution < 1.29 is 8.85 Å². The summed E-state index contributed by atoms with van der Waals surface area (Å²) in [7, 11) is 0.286. The third kappa shape index (κ3) is 6.79. The van der Waals surface area contributed by atoms with Gasteiger partial charge in [-0.2, -0.15) is 0 Å². The summed E-state index contributed by atoms with van der Waals surface area (Å²) in [4.78, 5) is 0. The van der Waals surface area contributed by atoms with E-state index in [1.165, 1.54) is 0 Å². The van der Waals surface area contributed by atoms with Gasteiger partial charge >= 0.3 is 9.28 Å². The van der Waals surface area contributed by atoms with Crippen LogP contribution in [-0.2, 0) is 8.85 Å². The summed E-state index contributed by atoms with van der Waals surface area (Å²) in [6.45, 7) is 6.87. The van der Waals surface area contributed by atoms with Crippen LogP contribution in [0.2, 0.25) is 6.04 Å². The molecule has 0 radical (unpaired) electrons. The second kappa shape index (κ2) is 5.69. The van der Waals surface area contributed by atoms with Crippen LogP contribution in [0.3, 0.4) is 0 Å². The molecular formula is C8H21NO2Si. The number of hydrogen-bond donors (Lipinski definition) is 1. The van der Waals surface area contributed by atoms with Gasteiger partial charge < -0.3 is 14.6 Å². The highest BCUT2D eigenvalue weighted by atomic mass is 28.3. The normalized spacial score (nSPS) is 14.8. The van der Waals surface area contributed by atoms with Gasteiger partial charge in [0.15, 0.2) is 0 Å². The van der Waals surface area contributed by atoms with Crippen molar-refractivity contribution >= 4 is 9.28 Å². The van der Waals surface area contributed by atoms with Crippen LogP contribution in [-0.4, -0.2) is 28.5 Å². The summed E-state index contributed by atoms with van der Waals surface area (Å²) in [6.07, 6.45) is 1.00. The fraction of sp³-hybridized carbons (Fsp3) is 1.00. The molecule has 12 heavy (non-hydrogen) atoms. The zero-order valence-electron chi connectivity index (χ0n) is 8.59. The van der Waals surface area contributed by atoms with Crippen molar-refractivity contribution in [3.05, 3.63) is 0 Å². The predicted molar refractivity (Wildman–Crippen MR) is 53.5 cm³/mol. The summed E-state index contributed by atoms with van der Waals surface area (Å²) in [5.41, 5.74) is 5.32. The molecule has 0 aromatic carbocycles. The largest absolute Gasteiger partial charge is 0.400 e.